The quantitative estimate of drug-likeness (QED) is 0.361. The summed E-state index contributed by atoms with van der Waals surface area (Å²) in [6.07, 6.45) is 3.50. The van der Waals surface area contributed by atoms with Crippen molar-refractivity contribution in [3.05, 3.63) is 59.5 Å². The lowest BCUT2D eigenvalue weighted by atomic mass is 9.74. The van der Waals surface area contributed by atoms with Crippen molar-refractivity contribution in [3.8, 4) is 11.5 Å². The first-order valence-electron chi connectivity index (χ1n) is 13.1. The third kappa shape index (κ3) is 6.57. The van der Waals surface area contributed by atoms with Gasteiger partial charge in [0, 0.05) is 50.3 Å². The van der Waals surface area contributed by atoms with Crippen molar-refractivity contribution in [2.24, 2.45) is 5.41 Å². The molecule has 10 heteroatoms. The van der Waals surface area contributed by atoms with Crippen LogP contribution in [0.3, 0.4) is 0 Å². The van der Waals surface area contributed by atoms with Crippen LogP contribution in [0.25, 0.3) is 10.9 Å². The van der Waals surface area contributed by atoms with Crippen LogP contribution in [0.2, 0.25) is 0 Å². The number of aliphatic hydroxyl groups excluding tert-OH is 2. The Balaban J connectivity index is 1.38. The van der Waals surface area contributed by atoms with E-state index in [1.807, 2.05) is 37.2 Å². The van der Waals surface area contributed by atoms with Gasteiger partial charge in [-0.25, -0.2) is 13.2 Å². The van der Waals surface area contributed by atoms with Crippen LogP contribution in [0.5, 0.6) is 11.5 Å². The number of benzene rings is 2. The number of hydrogen-bond acceptors (Lipinski definition) is 7. The zero-order valence-electron chi connectivity index (χ0n) is 22.6. The smallest absolute Gasteiger partial charge is 0.190 e. The molecule has 7 nitrogen and oxygen atoms in total. The second-order valence-electron chi connectivity index (χ2n) is 10.4. The van der Waals surface area contributed by atoms with E-state index in [0.29, 0.717) is 63.2 Å². The van der Waals surface area contributed by atoms with Gasteiger partial charge in [-0.2, -0.15) is 0 Å². The van der Waals surface area contributed by atoms with Crippen LogP contribution in [0.15, 0.2) is 36.5 Å². The van der Waals surface area contributed by atoms with Crippen molar-refractivity contribution in [2.45, 2.75) is 31.8 Å². The molecule has 0 amide bonds. The van der Waals surface area contributed by atoms with Crippen LogP contribution in [0.4, 0.5) is 18.9 Å². The molecular formula is C29H36F3N3O4. The Bertz CT molecular complexity index is 1260. The van der Waals surface area contributed by atoms with Crippen molar-refractivity contribution in [1.82, 2.24) is 9.88 Å². The molecule has 2 heterocycles. The zero-order valence-corrected chi connectivity index (χ0v) is 22.6. The summed E-state index contributed by atoms with van der Waals surface area (Å²) in [5.41, 5.74) is 2.03. The van der Waals surface area contributed by atoms with Crippen LogP contribution >= 0.6 is 0 Å². The minimum Gasteiger partial charge on any atom is -0.497 e. The van der Waals surface area contributed by atoms with Gasteiger partial charge in [0.1, 0.15) is 18.2 Å². The summed E-state index contributed by atoms with van der Waals surface area (Å²) < 4.78 is 51.4. The number of ether oxygens (including phenoxy) is 2. The summed E-state index contributed by atoms with van der Waals surface area (Å²) in [6, 6.07) is 6.79. The molecule has 1 aliphatic rings. The summed E-state index contributed by atoms with van der Waals surface area (Å²) >= 11 is 0. The summed E-state index contributed by atoms with van der Waals surface area (Å²) in [6.45, 7) is 1.84. The molecule has 4 rings (SSSR count). The number of piperidine rings is 1. The first kappa shape index (κ1) is 28.9. The first-order valence-corrected chi connectivity index (χ1v) is 13.1. The van der Waals surface area contributed by atoms with E-state index in [9.17, 15) is 23.4 Å². The maximum absolute atomic E-state index is 13.8. The fraction of sp³-hybridized carbons (Fsp3) is 0.483. The average molecular weight is 548 g/mol. The molecule has 1 saturated heterocycles. The molecule has 0 unspecified atom stereocenters. The van der Waals surface area contributed by atoms with Crippen molar-refractivity contribution in [1.29, 1.82) is 0 Å². The Morgan fingerprint density at radius 3 is 2.41 bits per heavy atom. The van der Waals surface area contributed by atoms with Gasteiger partial charge in [0.25, 0.3) is 0 Å². The molecule has 0 spiro atoms. The van der Waals surface area contributed by atoms with Gasteiger partial charge >= 0.3 is 0 Å². The number of aromatic nitrogens is 1. The summed E-state index contributed by atoms with van der Waals surface area (Å²) in [7, 11) is 5.42. The average Bonchev–Trinajstić information content (AvgIpc) is 2.92. The molecule has 2 aromatic carbocycles. The van der Waals surface area contributed by atoms with Gasteiger partial charge in [-0.05, 0) is 62.4 Å². The molecule has 1 aromatic heterocycles. The highest BCUT2D eigenvalue weighted by Gasteiger charge is 2.35. The number of rotatable bonds is 11. The largest absolute Gasteiger partial charge is 0.497 e. The Hall–Kier alpha value is -3.08. The Morgan fingerprint density at radius 1 is 1.10 bits per heavy atom. The second-order valence-corrected chi connectivity index (χ2v) is 10.4. The standard InChI is InChI=1S/C29H36F3N3O4/c1-34(2)25-17-33-24-5-4-20(38-3)16-21(24)27(25)26(37)6-7-29(18-36)8-10-35(11-9-29)12-13-39-28-22(31)14-19(30)15-23(28)32/h4-5,14-17,26,36-37H,6-13,18H2,1-3H3/t26-/m1/s1. The van der Waals surface area contributed by atoms with Crippen LogP contribution in [-0.2, 0) is 0 Å². The molecular weight excluding hydrogens is 511 g/mol. The number of likely N-dealkylation sites (tertiary alicyclic amines) is 1. The van der Waals surface area contributed by atoms with Crippen LogP contribution < -0.4 is 14.4 Å². The molecule has 0 saturated carbocycles. The number of anilines is 1. The highest BCUT2D eigenvalue weighted by atomic mass is 19.1. The third-order valence-electron chi connectivity index (χ3n) is 7.73. The number of hydrogen-bond donors (Lipinski definition) is 2. The number of fused-ring (bicyclic) bond motifs is 1. The van der Waals surface area contributed by atoms with E-state index in [2.05, 4.69) is 9.88 Å². The monoisotopic (exact) mass is 547 g/mol. The number of methoxy groups -OCH3 is 1. The van der Waals surface area contributed by atoms with E-state index in [4.69, 9.17) is 9.47 Å². The van der Waals surface area contributed by atoms with Gasteiger partial charge in [0.15, 0.2) is 17.4 Å². The molecule has 0 bridgehead atoms. The molecule has 1 atom stereocenters. The van der Waals surface area contributed by atoms with E-state index in [1.165, 1.54) is 0 Å². The summed E-state index contributed by atoms with van der Waals surface area (Å²) in [5.74, 6) is -3.02. The molecule has 0 radical (unpaired) electrons. The number of nitrogens with zero attached hydrogens (tertiary/aromatic N) is 3. The van der Waals surface area contributed by atoms with Crippen molar-refractivity contribution >= 4 is 16.6 Å². The van der Waals surface area contributed by atoms with Crippen LogP contribution in [0.1, 0.15) is 37.4 Å². The molecule has 212 valence electrons. The summed E-state index contributed by atoms with van der Waals surface area (Å²) in [5, 5.41) is 22.6. The molecule has 1 aliphatic heterocycles. The highest BCUT2D eigenvalue weighted by Crippen LogP contribution is 2.41. The predicted octanol–water partition coefficient (Wildman–Crippen LogP) is 4.69. The fourth-order valence-electron chi connectivity index (χ4n) is 5.28. The minimum atomic E-state index is -1.07. The SMILES string of the molecule is COc1ccc2ncc(N(C)C)c([C@H](O)CCC3(CO)CCN(CCOc4c(F)cc(F)cc4F)CC3)c2c1. The van der Waals surface area contributed by atoms with Gasteiger partial charge < -0.3 is 24.6 Å². The highest BCUT2D eigenvalue weighted by molar-refractivity contribution is 5.88. The minimum absolute atomic E-state index is 0.00150. The van der Waals surface area contributed by atoms with Crippen LogP contribution in [-0.4, -0.2) is 74.2 Å². The molecule has 3 aromatic rings. The maximum atomic E-state index is 13.8. The summed E-state index contributed by atoms with van der Waals surface area (Å²) in [4.78, 5) is 8.58. The molecule has 1 fully saturated rings. The fourth-order valence-corrected chi connectivity index (χ4v) is 5.28. The van der Waals surface area contributed by atoms with E-state index < -0.39 is 29.3 Å². The lowest BCUT2D eigenvalue weighted by molar-refractivity contribution is 0.0203. The van der Waals surface area contributed by atoms with E-state index >= 15 is 0 Å². The lowest BCUT2D eigenvalue weighted by Gasteiger charge is -2.41. The van der Waals surface area contributed by atoms with Gasteiger partial charge in [0.2, 0.25) is 0 Å². The first-order chi connectivity index (χ1) is 18.7. The Labute approximate surface area is 226 Å². The number of halogens is 3. The van der Waals surface area contributed by atoms with Gasteiger partial charge in [-0.15, -0.1) is 0 Å². The Morgan fingerprint density at radius 2 is 1.79 bits per heavy atom. The lowest BCUT2D eigenvalue weighted by Crippen LogP contribution is -2.43. The van der Waals surface area contributed by atoms with Crippen molar-refractivity contribution in [3.63, 3.8) is 0 Å². The van der Waals surface area contributed by atoms with Crippen molar-refractivity contribution < 1.29 is 32.9 Å². The topological polar surface area (TPSA) is 78.3 Å². The van der Waals surface area contributed by atoms with E-state index in [-0.39, 0.29) is 18.6 Å². The van der Waals surface area contributed by atoms with E-state index in [0.717, 1.165) is 22.2 Å². The molecule has 39 heavy (non-hydrogen) atoms. The second kappa shape index (κ2) is 12.4. The van der Waals surface area contributed by atoms with Gasteiger partial charge in [0.05, 0.1) is 30.6 Å². The van der Waals surface area contributed by atoms with E-state index in [1.54, 1.807) is 13.3 Å². The third-order valence-corrected chi connectivity index (χ3v) is 7.73. The zero-order chi connectivity index (χ0) is 28.2. The van der Waals surface area contributed by atoms with Gasteiger partial charge in [-0.3, -0.25) is 9.88 Å². The number of pyridine rings is 1. The van der Waals surface area contributed by atoms with Crippen LogP contribution in [0, 0.1) is 22.9 Å². The predicted molar refractivity (Wildman–Crippen MR) is 144 cm³/mol. The van der Waals surface area contributed by atoms with Gasteiger partial charge in [-0.1, -0.05) is 0 Å². The normalized spacial score (nSPS) is 16.3. The Kier molecular flexibility index (Phi) is 9.19. The molecule has 2 N–H and O–H groups in total. The maximum Gasteiger partial charge on any atom is 0.190 e. The number of aliphatic hydroxyl groups is 2. The molecule has 0 aliphatic carbocycles. The van der Waals surface area contributed by atoms with Crippen molar-refractivity contribution in [2.75, 3.05) is 59.0 Å².